The van der Waals surface area contributed by atoms with E-state index in [9.17, 15) is 0 Å². The van der Waals surface area contributed by atoms with Gasteiger partial charge in [0.15, 0.2) is 0 Å². The van der Waals surface area contributed by atoms with Crippen LogP contribution < -0.4 is 19.6 Å². The number of aromatic nitrogens is 8. The minimum absolute atomic E-state index is 0.876. The summed E-state index contributed by atoms with van der Waals surface area (Å²) in [6.07, 6.45) is 39.2. The van der Waals surface area contributed by atoms with Gasteiger partial charge >= 0.3 is 0 Å². The topological polar surface area (TPSA) is 116 Å². The SMILES string of the molecule is c1ccc2c(c1)Cc1ccc3c(c1-2)Cc1ccnc2c1N3c1cnccc1C2.c1ccc2c(c1)Cc1ccc3c(c1-2)Cc1cncc2c1N3c1ccncc1C2.c1ccc2c(c1)Cc1ccc3c(c1-2)Cc1cncc2c1N3c1cnccc1C2.c1ccc2c(c1)Cc1ccc3c(c1-2)Cc1nccc2c1N3c1ccncc1C2. The van der Waals surface area contributed by atoms with E-state index in [2.05, 4.69) is 244 Å². The number of hydrogen-bond acceptors (Lipinski definition) is 12. The van der Waals surface area contributed by atoms with Crippen molar-refractivity contribution in [3.63, 3.8) is 0 Å². The Kier molecular flexibility index (Phi) is 13.2. The fraction of sp³-hybridized carbons (Fsp3) is 0.120. The molecular formula is C100H68N12. The smallest absolute Gasteiger partial charge is 0.0716 e. The highest BCUT2D eigenvalue weighted by atomic mass is 15.2. The Labute approximate surface area is 647 Å². The minimum Gasteiger partial charge on any atom is -0.309 e. The first-order chi connectivity index (χ1) is 55.5. The molecule has 0 spiro atoms. The van der Waals surface area contributed by atoms with Crippen molar-refractivity contribution >= 4 is 68.2 Å². The van der Waals surface area contributed by atoms with Crippen LogP contribution in [0.15, 0.2) is 269 Å². The summed E-state index contributed by atoms with van der Waals surface area (Å²) in [5.74, 6) is 0. The second-order valence-corrected chi connectivity index (χ2v) is 31.6. The molecule has 12 heteroatoms. The molecule has 0 radical (unpaired) electrons. The number of fused-ring (bicyclic) bond motifs is 32. The third-order valence-electron chi connectivity index (χ3n) is 25.8. The maximum Gasteiger partial charge on any atom is 0.0716 e. The number of anilines is 12. The fourth-order valence-corrected chi connectivity index (χ4v) is 21.2. The van der Waals surface area contributed by atoms with Crippen molar-refractivity contribution in [2.45, 2.75) is 77.0 Å². The normalized spacial score (nSPS) is 14.6. The first kappa shape index (κ1) is 62.1. The van der Waals surface area contributed by atoms with E-state index < -0.39 is 0 Å². The standard InChI is InChI=1S/4C25H17N3/c1-2-4-19-15(3-1)11-16-5-6-23-20(24(16)19)13-21-25-17(7-10-27-21)12-18-14-26-9-8-22(18)28(23)25;1-2-4-19-15(3-1)11-17-5-6-22-20(24(17)19)12-18-8-10-27-21-13-16-7-9-26-14-23(16)28(22)25(18)21;1-2-4-20-15(3-1)9-17-5-6-22-21(24(17)20)11-19-13-27-12-18-10-16-7-8-26-14-23(16)28(22)25(18)19;1-2-4-20-15(3-1)9-16-5-6-23-21(24(16)20)11-19-14-27-13-18-10-17-12-26-8-7-22(17)28(23)25(18)19/h2*1-10,14H,11-13H2;2*1-8,12-14H,9-11H2. The number of pyridine rings is 8. The van der Waals surface area contributed by atoms with Crippen molar-refractivity contribution < 1.29 is 0 Å². The summed E-state index contributed by atoms with van der Waals surface area (Å²) in [4.78, 5) is 46.1. The van der Waals surface area contributed by atoms with Gasteiger partial charge in [0, 0.05) is 126 Å². The third kappa shape index (κ3) is 9.05. The second kappa shape index (κ2) is 23.8. The summed E-state index contributed by atoms with van der Waals surface area (Å²) < 4.78 is 0. The fourth-order valence-electron chi connectivity index (χ4n) is 21.2. The summed E-state index contributed by atoms with van der Waals surface area (Å²) >= 11 is 0. The zero-order chi connectivity index (χ0) is 73.0. The van der Waals surface area contributed by atoms with Crippen molar-refractivity contribution in [1.29, 1.82) is 0 Å². The lowest BCUT2D eigenvalue weighted by atomic mass is 9.85. The molecule has 0 saturated carbocycles. The molecule has 28 rings (SSSR count). The highest BCUT2D eigenvalue weighted by Crippen LogP contribution is 2.59. The molecule has 0 N–H and O–H groups in total. The molecule has 0 amide bonds. The van der Waals surface area contributed by atoms with Gasteiger partial charge in [-0.05, 0) is 253 Å². The van der Waals surface area contributed by atoms with Crippen LogP contribution in [0.5, 0.6) is 0 Å². The van der Waals surface area contributed by atoms with E-state index >= 15 is 0 Å². The average molecular weight is 1440 g/mol. The molecule has 8 aromatic heterocycles. The summed E-state index contributed by atoms with van der Waals surface area (Å²) in [7, 11) is 0. The van der Waals surface area contributed by atoms with Gasteiger partial charge in [-0.3, -0.25) is 39.9 Å². The lowest BCUT2D eigenvalue weighted by Gasteiger charge is -2.39. The van der Waals surface area contributed by atoms with Crippen LogP contribution in [-0.4, -0.2) is 39.9 Å². The van der Waals surface area contributed by atoms with Gasteiger partial charge in [0.2, 0.25) is 0 Å². The Bertz CT molecular complexity index is 6040. The van der Waals surface area contributed by atoms with Crippen molar-refractivity contribution in [3.8, 4) is 44.5 Å². The largest absolute Gasteiger partial charge is 0.309 e. The summed E-state index contributed by atoms with van der Waals surface area (Å²) in [5.41, 5.74) is 59.2. The Morgan fingerprint density at radius 3 is 0.938 bits per heavy atom. The molecule has 0 fully saturated rings. The van der Waals surface area contributed by atoms with E-state index in [1.54, 1.807) is 0 Å². The van der Waals surface area contributed by atoms with E-state index in [1.165, 1.54) is 247 Å². The van der Waals surface area contributed by atoms with E-state index in [4.69, 9.17) is 9.97 Å². The van der Waals surface area contributed by atoms with E-state index in [0.717, 1.165) is 77.0 Å². The first-order valence-electron chi connectivity index (χ1n) is 39.2. The third-order valence-corrected chi connectivity index (χ3v) is 25.8. The van der Waals surface area contributed by atoms with Crippen LogP contribution in [-0.2, 0) is 77.0 Å². The monoisotopic (exact) mass is 1440 g/mol. The molecule has 12 nitrogen and oxygen atoms in total. The summed E-state index contributed by atoms with van der Waals surface area (Å²) in [6.45, 7) is 0. The van der Waals surface area contributed by atoms with Crippen molar-refractivity contribution in [3.05, 3.63) is 403 Å². The van der Waals surface area contributed by atoms with E-state index in [-0.39, 0.29) is 0 Å². The van der Waals surface area contributed by atoms with Gasteiger partial charge in [-0.15, -0.1) is 0 Å². The molecule has 8 aliphatic heterocycles. The molecule has 4 aliphatic carbocycles. The Morgan fingerprint density at radius 2 is 0.482 bits per heavy atom. The number of nitrogens with zero attached hydrogens (tertiary/aromatic N) is 12. The predicted molar refractivity (Wildman–Crippen MR) is 442 cm³/mol. The minimum atomic E-state index is 0.876. The van der Waals surface area contributed by atoms with E-state index in [1.807, 2.05) is 74.4 Å². The molecule has 12 aliphatic rings. The first-order valence-corrected chi connectivity index (χ1v) is 39.2. The van der Waals surface area contributed by atoms with Crippen LogP contribution in [0, 0.1) is 0 Å². The lowest BCUT2D eigenvalue weighted by Crippen LogP contribution is -2.26. The van der Waals surface area contributed by atoms with Crippen molar-refractivity contribution in [2.75, 3.05) is 19.6 Å². The van der Waals surface area contributed by atoms with Crippen LogP contribution in [0.1, 0.15) is 134 Å². The highest BCUT2D eigenvalue weighted by molar-refractivity contribution is 5.99. The number of rotatable bonds is 0. The molecule has 0 saturated heterocycles. The molecular weight excluding hydrogens is 1370 g/mol. The maximum atomic E-state index is 4.81. The van der Waals surface area contributed by atoms with Gasteiger partial charge in [0.05, 0.1) is 92.0 Å². The van der Waals surface area contributed by atoms with Crippen LogP contribution in [0.3, 0.4) is 0 Å². The van der Waals surface area contributed by atoms with Crippen LogP contribution in [0.4, 0.5) is 68.2 Å². The Balaban J connectivity index is 0.0000000847. The maximum absolute atomic E-state index is 4.81. The average Bonchev–Trinajstić information content (AvgIpc) is 1.28. The molecule has 112 heavy (non-hydrogen) atoms. The Morgan fingerprint density at radius 1 is 0.179 bits per heavy atom. The van der Waals surface area contributed by atoms with Gasteiger partial charge in [0.25, 0.3) is 0 Å². The summed E-state index contributed by atoms with van der Waals surface area (Å²) in [6, 6.07) is 66.9. The quantitative estimate of drug-likeness (QED) is 0.144. The van der Waals surface area contributed by atoms with Gasteiger partial charge in [-0.2, -0.15) is 0 Å². The lowest BCUT2D eigenvalue weighted by molar-refractivity contribution is 0.953. The molecule has 8 aromatic carbocycles. The molecule has 0 atom stereocenters. The molecule has 16 aromatic rings. The zero-order valence-corrected chi connectivity index (χ0v) is 61.3. The van der Waals surface area contributed by atoms with Gasteiger partial charge in [0.1, 0.15) is 0 Å². The van der Waals surface area contributed by atoms with Crippen molar-refractivity contribution in [2.24, 2.45) is 0 Å². The second-order valence-electron chi connectivity index (χ2n) is 31.6. The summed E-state index contributed by atoms with van der Waals surface area (Å²) in [5, 5.41) is 0. The van der Waals surface area contributed by atoms with Crippen LogP contribution >= 0.6 is 0 Å². The molecule has 0 unspecified atom stereocenters. The molecule has 16 heterocycles. The zero-order valence-electron chi connectivity index (χ0n) is 61.3. The number of benzene rings is 8. The van der Waals surface area contributed by atoms with Gasteiger partial charge in [-0.1, -0.05) is 121 Å². The van der Waals surface area contributed by atoms with Crippen LogP contribution in [0.2, 0.25) is 0 Å². The molecule has 0 bridgehead atoms. The van der Waals surface area contributed by atoms with Crippen LogP contribution in [0.25, 0.3) is 44.5 Å². The number of hydrogen-bond donors (Lipinski definition) is 0. The van der Waals surface area contributed by atoms with Crippen molar-refractivity contribution in [1.82, 2.24) is 39.9 Å². The van der Waals surface area contributed by atoms with E-state index in [0.29, 0.717) is 0 Å². The van der Waals surface area contributed by atoms with Gasteiger partial charge < -0.3 is 19.6 Å². The highest BCUT2D eigenvalue weighted by Gasteiger charge is 2.41. The molecule has 528 valence electrons. The predicted octanol–water partition coefficient (Wildman–Crippen LogP) is 21.3. The Hall–Kier alpha value is -13.8. The van der Waals surface area contributed by atoms with Gasteiger partial charge in [-0.25, -0.2) is 0 Å².